The first-order chi connectivity index (χ1) is 11.1. The largest absolute Gasteiger partial charge is 0.480 e. The van der Waals surface area contributed by atoms with E-state index in [1.807, 2.05) is 60.7 Å². The van der Waals surface area contributed by atoms with Crippen LogP contribution in [0.2, 0.25) is 0 Å². The van der Waals surface area contributed by atoms with Crippen LogP contribution in [-0.2, 0) is 22.4 Å². The number of amides is 1. The van der Waals surface area contributed by atoms with Crippen LogP contribution in [-0.4, -0.2) is 29.1 Å². The zero-order valence-corrected chi connectivity index (χ0v) is 12.7. The lowest BCUT2D eigenvalue weighted by Crippen LogP contribution is -2.50. The summed E-state index contributed by atoms with van der Waals surface area (Å²) in [5, 5.41) is 11.8. The average Bonchev–Trinajstić information content (AvgIpc) is 2.56. The first-order valence-corrected chi connectivity index (χ1v) is 7.43. The van der Waals surface area contributed by atoms with E-state index in [4.69, 9.17) is 5.73 Å². The number of rotatable bonds is 7. The van der Waals surface area contributed by atoms with Gasteiger partial charge in [0.25, 0.3) is 0 Å². The molecule has 1 unspecified atom stereocenters. The van der Waals surface area contributed by atoms with Crippen molar-refractivity contribution in [2.45, 2.75) is 24.9 Å². The van der Waals surface area contributed by atoms with Crippen molar-refractivity contribution in [2.75, 3.05) is 0 Å². The number of carboxylic acids is 1. The maximum Gasteiger partial charge on any atom is 0.326 e. The molecule has 23 heavy (non-hydrogen) atoms. The predicted molar refractivity (Wildman–Crippen MR) is 87.8 cm³/mol. The summed E-state index contributed by atoms with van der Waals surface area (Å²) < 4.78 is 0. The summed E-state index contributed by atoms with van der Waals surface area (Å²) in [4.78, 5) is 23.5. The monoisotopic (exact) mass is 312 g/mol. The molecule has 0 saturated carbocycles. The number of carbonyl (C=O) groups is 2. The van der Waals surface area contributed by atoms with Gasteiger partial charge in [-0.05, 0) is 17.5 Å². The zero-order valence-electron chi connectivity index (χ0n) is 12.7. The fraction of sp³-hybridized carbons (Fsp3) is 0.222. The van der Waals surface area contributed by atoms with Gasteiger partial charge in [0, 0.05) is 6.42 Å². The molecule has 0 aliphatic rings. The van der Waals surface area contributed by atoms with Gasteiger partial charge >= 0.3 is 5.97 Å². The third-order valence-corrected chi connectivity index (χ3v) is 3.53. The smallest absolute Gasteiger partial charge is 0.326 e. The molecule has 2 atom stereocenters. The van der Waals surface area contributed by atoms with Crippen LogP contribution in [0.25, 0.3) is 0 Å². The summed E-state index contributed by atoms with van der Waals surface area (Å²) >= 11 is 0. The maximum atomic E-state index is 12.2. The van der Waals surface area contributed by atoms with E-state index in [2.05, 4.69) is 5.32 Å². The van der Waals surface area contributed by atoms with E-state index >= 15 is 0 Å². The molecular formula is C18H20N2O3. The van der Waals surface area contributed by atoms with Gasteiger partial charge in [0.1, 0.15) is 6.04 Å². The minimum atomic E-state index is -1.07. The highest BCUT2D eigenvalue weighted by molar-refractivity contribution is 5.87. The standard InChI is InChI=1S/C18H20N2O3/c19-15(11-13-7-3-1-4-8-13)17(21)20-16(18(22)23)12-14-9-5-2-6-10-14/h1-10,15-16H,11-12,19H2,(H,20,21)(H,22,23)/t15-,16?/m0/s1. The number of nitrogens with one attached hydrogen (secondary N) is 1. The highest BCUT2D eigenvalue weighted by Crippen LogP contribution is 2.05. The molecule has 5 nitrogen and oxygen atoms in total. The number of carboxylic acid groups (broad SMARTS) is 1. The van der Waals surface area contributed by atoms with Crippen molar-refractivity contribution in [1.29, 1.82) is 0 Å². The van der Waals surface area contributed by atoms with Crippen LogP contribution in [0.4, 0.5) is 0 Å². The van der Waals surface area contributed by atoms with Crippen molar-refractivity contribution < 1.29 is 14.7 Å². The number of hydrogen-bond donors (Lipinski definition) is 3. The van der Waals surface area contributed by atoms with Crippen molar-refractivity contribution in [1.82, 2.24) is 5.32 Å². The highest BCUT2D eigenvalue weighted by atomic mass is 16.4. The van der Waals surface area contributed by atoms with Crippen LogP contribution in [0.3, 0.4) is 0 Å². The first-order valence-electron chi connectivity index (χ1n) is 7.43. The van der Waals surface area contributed by atoms with Gasteiger partial charge in [-0.25, -0.2) is 4.79 Å². The van der Waals surface area contributed by atoms with E-state index in [0.29, 0.717) is 6.42 Å². The van der Waals surface area contributed by atoms with Gasteiger partial charge in [0.05, 0.1) is 6.04 Å². The molecule has 2 rings (SSSR count). The second kappa shape index (κ2) is 8.10. The van der Waals surface area contributed by atoms with Crippen LogP contribution >= 0.6 is 0 Å². The quantitative estimate of drug-likeness (QED) is 0.720. The van der Waals surface area contributed by atoms with Gasteiger partial charge < -0.3 is 16.2 Å². The Hall–Kier alpha value is -2.66. The van der Waals surface area contributed by atoms with Crippen molar-refractivity contribution in [3.8, 4) is 0 Å². The lowest BCUT2D eigenvalue weighted by Gasteiger charge is -2.18. The highest BCUT2D eigenvalue weighted by Gasteiger charge is 2.23. The number of carbonyl (C=O) groups excluding carboxylic acids is 1. The molecule has 0 aliphatic carbocycles. The Morgan fingerprint density at radius 2 is 1.39 bits per heavy atom. The van der Waals surface area contributed by atoms with Crippen molar-refractivity contribution in [3.63, 3.8) is 0 Å². The Balaban J connectivity index is 1.96. The first kappa shape index (κ1) is 16.7. The summed E-state index contributed by atoms with van der Waals surface area (Å²) in [6.45, 7) is 0. The molecule has 0 saturated heterocycles. The van der Waals surface area contributed by atoms with Crippen molar-refractivity contribution in [3.05, 3.63) is 71.8 Å². The lowest BCUT2D eigenvalue weighted by atomic mass is 10.0. The van der Waals surface area contributed by atoms with Crippen LogP contribution in [0.15, 0.2) is 60.7 Å². The molecule has 5 heteroatoms. The normalized spacial score (nSPS) is 13.1. The number of hydrogen-bond acceptors (Lipinski definition) is 3. The molecule has 1 amide bonds. The van der Waals surface area contributed by atoms with E-state index in [0.717, 1.165) is 11.1 Å². The molecule has 0 fully saturated rings. The van der Waals surface area contributed by atoms with Crippen LogP contribution in [0, 0.1) is 0 Å². The second-order valence-corrected chi connectivity index (χ2v) is 5.39. The van der Waals surface area contributed by atoms with Gasteiger partial charge in [-0.2, -0.15) is 0 Å². The van der Waals surface area contributed by atoms with Crippen molar-refractivity contribution in [2.24, 2.45) is 5.73 Å². The molecular weight excluding hydrogens is 292 g/mol. The zero-order chi connectivity index (χ0) is 16.7. The van der Waals surface area contributed by atoms with E-state index in [-0.39, 0.29) is 6.42 Å². The van der Waals surface area contributed by atoms with Crippen molar-refractivity contribution >= 4 is 11.9 Å². The molecule has 0 spiro atoms. The van der Waals surface area contributed by atoms with Crippen LogP contribution in [0.5, 0.6) is 0 Å². The third kappa shape index (κ3) is 5.23. The Morgan fingerprint density at radius 3 is 1.87 bits per heavy atom. The molecule has 4 N–H and O–H groups in total. The number of aliphatic carboxylic acids is 1. The molecule has 0 heterocycles. The summed E-state index contributed by atoms with van der Waals surface area (Å²) in [7, 11) is 0. The van der Waals surface area contributed by atoms with Gasteiger partial charge in [0.15, 0.2) is 0 Å². The number of benzene rings is 2. The Morgan fingerprint density at radius 1 is 0.913 bits per heavy atom. The summed E-state index contributed by atoms with van der Waals surface area (Å²) in [5.74, 6) is -1.54. The fourth-order valence-corrected chi connectivity index (χ4v) is 2.29. The van der Waals surface area contributed by atoms with Gasteiger partial charge in [-0.3, -0.25) is 4.79 Å². The molecule has 120 valence electrons. The van der Waals surface area contributed by atoms with E-state index in [1.54, 1.807) is 0 Å². The maximum absolute atomic E-state index is 12.2. The van der Waals surface area contributed by atoms with Gasteiger partial charge in [-0.1, -0.05) is 60.7 Å². The molecule has 0 bridgehead atoms. The second-order valence-electron chi connectivity index (χ2n) is 5.39. The van der Waals surface area contributed by atoms with Gasteiger partial charge in [0.2, 0.25) is 5.91 Å². The molecule has 0 radical (unpaired) electrons. The lowest BCUT2D eigenvalue weighted by molar-refractivity contribution is -0.141. The SMILES string of the molecule is N[C@@H](Cc1ccccc1)C(=O)NC(Cc1ccccc1)C(=O)O. The van der Waals surface area contributed by atoms with Gasteiger partial charge in [-0.15, -0.1) is 0 Å². The van der Waals surface area contributed by atoms with Crippen LogP contribution < -0.4 is 11.1 Å². The minimum absolute atomic E-state index is 0.222. The topological polar surface area (TPSA) is 92.4 Å². The summed E-state index contributed by atoms with van der Waals surface area (Å²) in [6, 6.07) is 16.8. The van der Waals surface area contributed by atoms with E-state index < -0.39 is 24.0 Å². The predicted octanol–water partition coefficient (Wildman–Crippen LogP) is 1.37. The summed E-state index contributed by atoms with van der Waals surface area (Å²) in [5.41, 5.74) is 7.67. The average molecular weight is 312 g/mol. The molecule has 2 aromatic carbocycles. The van der Waals surface area contributed by atoms with E-state index in [1.165, 1.54) is 0 Å². The molecule has 0 aromatic heterocycles. The van der Waals surface area contributed by atoms with E-state index in [9.17, 15) is 14.7 Å². The molecule has 2 aromatic rings. The van der Waals surface area contributed by atoms with Crippen LogP contribution in [0.1, 0.15) is 11.1 Å². The summed E-state index contributed by atoms with van der Waals surface area (Å²) in [6.07, 6.45) is 0.588. The Labute approximate surface area is 135 Å². The fourth-order valence-electron chi connectivity index (χ4n) is 2.29. The number of nitrogens with two attached hydrogens (primary N) is 1. The Bertz CT molecular complexity index is 644. The minimum Gasteiger partial charge on any atom is -0.480 e. The molecule has 0 aliphatic heterocycles. The third-order valence-electron chi connectivity index (χ3n) is 3.53. The Kier molecular flexibility index (Phi) is 5.88.